The highest BCUT2D eigenvalue weighted by Gasteiger charge is 2.36. The Labute approximate surface area is 253 Å². The van der Waals surface area contributed by atoms with Gasteiger partial charge in [-0.15, -0.1) is 0 Å². The number of hydrogen-bond acceptors (Lipinski definition) is 5. The molecule has 7 nitrogen and oxygen atoms in total. The smallest absolute Gasteiger partial charge is 0.258 e. The minimum absolute atomic E-state index is 0.238. The summed E-state index contributed by atoms with van der Waals surface area (Å²) in [6.45, 7) is 0. The van der Waals surface area contributed by atoms with Crippen molar-refractivity contribution in [1.82, 2.24) is 9.99 Å². The third kappa shape index (κ3) is 5.11. The number of pyridine rings is 1. The molecule has 42 heavy (non-hydrogen) atoms. The molecule has 0 amide bonds. The molecular weight excluding hydrogens is 568 g/mol. The van der Waals surface area contributed by atoms with E-state index in [1.807, 2.05) is 97.1 Å². The number of nitrogens with one attached hydrogen (secondary N) is 2. The van der Waals surface area contributed by atoms with Gasteiger partial charge in [0.05, 0.1) is 31.5 Å². The van der Waals surface area contributed by atoms with E-state index in [0.29, 0.717) is 39.3 Å². The number of anilines is 1. The first-order chi connectivity index (χ1) is 20.5. The number of halogens is 1. The second-order valence-corrected chi connectivity index (χ2v) is 10.6. The number of nitrogens with zero attached hydrogens (tertiary/aromatic N) is 2. The highest BCUT2D eigenvalue weighted by atomic mass is 35.5. The lowest BCUT2D eigenvalue weighted by molar-refractivity contribution is 0.327. The van der Waals surface area contributed by atoms with Crippen molar-refractivity contribution in [2.24, 2.45) is 5.10 Å². The molecule has 0 saturated carbocycles. The molecule has 1 aromatic heterocycles. The summed E-state index contributed by atoms with van der Waals surface area (Å²) >= 11 is 12.1. The molecule has 2 N–H and O–H groups in total. The Bertz CT molecular complexity index is 1870. The number of para-hydroxylation sites is 3. The van der Waals surface area contributed by atoms with Crippen LogP contribution in [0.5, 0.6) is 11.5 Å². The lowest BCUT2D eigenvalue weighted by atomic mass is 9.91. The van der Waals surface area contributed by atoms with Crippen molar-refractivity contribution in [3.63, 3.8) is 0 Å². The molecule has 4 aromatic carbocycles. The topological polar surface area (TPSA) is 79.0 Å². The predicted molar refractivity (Wildman–Crippen MR) is 173 cm³/mol. The van der Waals surface area contributed by atoms with Gasteiger partial charge in [-0.3, -0.25) is 4.79 Å². The fraction of sp³-hybridized carbons (Fsp3) is 0.121. The summed E-state index contributed by atoms with van der Waals surface area (Å²) in [7, 11) is 3.21. The fourth-order valence-electron chi connectivity index (χ4n) is 5.40. The van der Waals surface area contributed by atoms with Crippen LogP contribution >= 0.6 is 23.8 Å². The minimum atomic E-state index is -0.377. The number of methoxy groups -OCH3 is 2. The summed E-state index contributed by atoms with van der Waals surface area (Å²) in [5, 5.41) is 12.0. The highest BCUT2D eigenvalue weighted by molar-refractivity contribution is 7.80. The second kappa shape index (κ2) is 11.7. The van der Waals surface area contributed by atoms with Gasteiger partial charge in [0.2, 0.25) is 0 Å². The average molecular weight is 595 g/mol. The number of aromatic nitrogens is 1. The van der Waals surface area contributed by atoms with Crippen LogP contribution in [0.1, 0.15) is 23.6 Å². The van der Waals surface area contributed by atoms with Crippen LogP contribution in [0.4, 0.5) is 5.69 Å². The summed E-state index contributed by atoms with van der Waals surface area (Å²) in [6, 6.07) is 30.2. The first kappa shape index (κ1) is 27.5. The van der Waals surface area contributed by atoms with E-state index < -0.39 is 0 Å². The zero-order chi connectivity index (χ0) is 29.2. The van der Waals surface area contributed by atoms with E-state index in [1.165, 1.54) is 0 Å². The first-order valence-electron chi connectivity index (χ1n) is 13.3. The summed E-state index contributed by atoms with van der Waals surface area (Å²) in [5.74, 6) is 1.18. The molecule has 2 heterocycles. The number of hydrogen-bond donors (Lipinski definition) is 2. The molecular formula is C33H27ClN4O3S. The van der Waals surface area contributed by atoms with E-state index >= 15 is 0 Å². The largest absolute Gasteiger partial charge is 0.493 e. The van der Waals surface area contributed by atoms with Crippen molar-refractivity contribution in [2.75, 3.05) is 19.5 Å². The van der Waals surface area contributed by atoms with Crippen LogP contribution in [0.3, 0.4) is 0 Å². The van der Waals surface area contributed by atoms with Gasteiger partial charge in [-0.25, -0.2) is 5.01 Å². The Morgan fingerprint density at radius 3 is 2.40 bits per heavy atom. The molecule has 0 radical (unpaired) electrons. The number of rotatable bonds is 6. The molecule has 0 bridgehead atoms. The third-order valence-corrected chi connectivity index (χ3v) is 7.82. The van der Waals surface area contributed by atoms with E-state index in [0.717, 1.165) is 33.3 Å². The van der Waals surface area contributed by atoms with Crippen LogP contribution < -0.4 is 20.3 Å². The van der Waals surface area contributed by atoms with Crippen LogP contribution in [-0.4, -0.2) is 35.0 Å². The first-order valence-corrected chi connectivity index (χ1v) is 14.1. The van der Waals surface area contributed by atoms with Gasteiger partial charge in [-0.1, -0.05) is 72.3 Å². The van der Waals surface area contributed by atoms with Crippen molar-refractivity contribution in [1.29, 1.82) is 0 Å². The maximum atomic E-state index is 13.8. The average Bonchev–Trinajstić information content (AvgIpc) is 3.46. The molecule has 1 aliphatic heterocycles. The molecule has 0 aliphatic carbocycles. The Kier molecular flexibility index (Phi) is 7.65. The van der Waals surface area contributed by atoms with Gasteiger partial charge in [-0.05, 0) is 54.2 Å². The van der Waals surface area contributed by atoms with Gasteiger partial charge >= 0.3 is 0 Å². The van der Waals surface area contributed by atoms with Gasteiger partial charge < -0.3 is 19.8 Å². The summed E-state index contributed by atoms with van der Waals surface area (Å²) in [5.41, 5.74) is 4.87. The van der Waals surface area contributed by atoms with Crippen LogP contribution in [0.25, 0.3) is 22.0 Å². The minimum Gasteiger partial charge on any atom is -0.493 e. The number of aromatic amines is 1. The molecule has 1 aliphatic rings. The van der Waals surface area contributed by atoms with Crippen LogP contribution in [0, 0.1) is 0 Å². The van der Waals surface area contributed by atoms with Crippen LogP contribution in [0.15, 0.2) is 107 Å². The van der Waals surface area contributed by atoms with Crippen molar-refractivity contribution in [3.8, 4) is 22.6 Å². The Hall–Kier alpha value is -4.66. The summed E-state index contributed by atoms with van der Waals surface area (Å²) in [6.07, 6.45) is 0.391. The van der Waals surface area contributed by atoms with Crippen molar-refractivity contribution in [2.45, 2.75) is 12.5 Å². The van der Waals surface area contributed by atoms with Gasteiger partial charge in [-0.2, -0.15) is 5.10 Å². The van der Waals surface area contributed by atoms with E-state index in [2.05, 4.69) is 10.3 Å². The maximum absolute atomic E-state index is 13.8. The molecule has 0 spiro atoms. The maximum Gasteiger partial charge on any atom is 0.258 e. The molecule has 0 fully saturated rings. The second-order valence-electron chi connectivity index (χ2n) is 9.75. The van der Waals surface area contributed by atoms with Crippen molar-refractivity contribution < 1.29 is 9.47 Å². The van der Waals surface area contributed by atoms with Crippen molar-refractivity contribution in [3.05, 3.63) is 124 Å². The van der Waals surface area contributed by atoms with Gasteiger partial charge in [0, 0.05) is 39.2 Å². The molecule has 1 atom stereocenters. The molecule has 9 heteroatoms. The lowest BCUT2D eigenvalue weighted by Gasteiger charge is -2.26. The predicted octanol–water partition coefficient (Wildman–Crippen LogP) is 7.41. The monoisotopic (exact) mass is 594 g/mol. The van der Waals surface area contributed by atoms with Gasteiger partial charge in [0.1, 0.15) is 0 Å². The zero-order valence-electron chi connectivity index (χ0n) is 22.9. The fourth-order valence-corrected chi connectivity index (χ4v) is 5.81. The summed E-state index contributed by atoms with van der Waals surface area (Å²) in [4.78, 5) is 16.9. The summed E-state index contributed by atoms with van der Waals surface area (Å²) < 4.78 is 11.4. The third-order valence-electron chi connectivity index (χ3n) is 7.28. The van der Waals surface area contributed by atoms with Crippen LogP contribution in [0.2, 0.25) is 5.02 Å². The van der Waals surface area contributed by atoms with E-state index in [9.17, 15) is 4.79 Å². The Morgan fingerprint density at radius 1 is 0.929 bits per heavy atom. The number of H-pyrrole nitrogens is 1. The van der Waals surface area contributed by atoms with E-state index in [-0.39, 0.29) is 11.6 Å². The number of benzene rings is 4. The normalized spacial score (nSPS) is 14.5. The Balaban J connectivity index is 1.54. The van der Waals surface area contributed by atoms with E-state index in [4.69, 9.17) is 38.4 Å². The number of thiocarbonyl (C=S) groups is 1. The molecule has 6 rings (SSSR count). The standard InChI is InChI=1S/C33H27ClN4O3S/c1-40-28-14-8-12-24(31(28)41-2)27-19-26(37-38(27)33(42)35-22-9-4-3-5-10-22)30-29(20-15-17-21(34)18-16-20)23-11-6-7-13-25(23)36-32(30)39/h3-18,27H,19H2,1-2H3,(H,35,42)(H,36,39)/t27-/m1/s1. The molecule has 5 aromatic rings. The lowest BCUT2D eigenvalue weighted by Crippen LogP contribution is -2.31. The van der Waals surface area contributed by atoms with E-state index in [1.54, 1.807) is 19.2 Å². The molecule has 0 unspecified atom stereocenters. The van der Waals surface area contributed by atoms with Crippen molar-refractivity contribution >= 4 is 51.2 Å². The SMILES string of the molecule is COc1cccc([C@H]2CC(c3c(-c4ccc(Cl)cc4)c4ccccc4[nH]c3=O)=NN2C(=S)Nc2ccccc2)c1OC. The number of fused-ring (bicyclic) bond motifs is 1. The van der Waals surface area contributed by atoms with Crippen LogP contribution in [-0.2, 0) is 0 Å². The number of hydrazone groups is 1. The molecule has 210 valence electrons. The van der Waals surface area contributed by atoms with Gasteiger partial charge in [0.25, 0.3) is 5.56 Å². The zero-order valence-corrected chi connectivity index (χ0v) is 24.5. The highest BCUT2D eigenvalue weighted by Crippen LogP contribution is 2.43. The number of ether oxygens (including phenoxy) is 2. The van der Waals surface area contributed by atoms with Gasteiger partial charge in [0.15, 0.2) is 16.6 Å². The molecule has 0 saturated heterocycles. The quantitative estimate of drug-likeness (QED) is 0.199. The Morgan fingerprint density at radius 2 is 1.67 bits per heavy atom.